The van der Waals surface area contributed by atoms with Crippen LogP contribution in [-0.4, -0.2) is 0 Å². The lowest BCUT2D eigenvalue weighted by Gasteiger charge is -2.28. The highest BCUT2D eigenvalue weighted by molar-refractivity contribution is 7.26. The van der Waals surface area contributed by atoms with Gasteiger partial charge in [-0.15, -0.1) is 22.7 Å². The van der Waals surface area contributed by atoms with E-state index in [9.17, 15) is 0 Å². The number of nitrogens with zero attached hydrogens (tertiary/aromatic N) is 1. The predicted molar refractivity (Wildman–Crippen MR) is 244 cm³/mol. The average Bonchev–Trinajstić information content (AvgIpc) is 3.84. The van der Waals surface area contributed by atoms with Crippen LogP contribution in [0.5, 0.6) is 0 Å². The Labute approximate surface area is 332 Å². The molecule has 0 saturated carbocycles. The molecule has 262 valence electrons. The zero-order chi connectivity index (χ0) is 36.7. The molecule has 1 atom stereocenters. The van der Waals surface area contributed by atoms with E-state index in [0.29, 0.717) is 0 Å². The van der Waals surface area contributed by atoms with E-state index >= 15 is 0 Å². The number of thiophene rings is 2. The molecule has 2 heterocycles. The molecule has 0 amide bonds. The highest BCUT2D eigenvalue weighted by Crippen LogP contribution is 2.50. The minimum Gasteiger partial charge on any atom is -0.308 e. The molecule has 12 aromatic rings. The van der Waals surface area contributed by atoms with E-state index in [1.807, 2.05) is 22.7 Å². The summed E-state index contributed by atoms with van der Waals surface area (Å²) in [4.78, 5) is 2.49. The fraction of sp³-hybridized carbons (Fsp3) is 0.0189. The van der Waals surface area contributed by atoms with Gasteiger partial charge in [-0.05, 0) is 80.0 Å². The third-order valence-electron chi connectivity index (χ3n) is 11.7. The highest BCUT2D eigenvalue weighted by Gasteiger charge is 2.26. The van der Waals surface area contributed by atoms with Gasteiger partial charge in [0, 0.05) is 52.6 Å². The standard InChI is InChI=1S/C53H33NS2/c1-3-13-33(14-4-1)49(44-21-11-19-41-37-17-7-9-23-47(37)55-52(41)44)39-29-25-34-27-31-43-45(32-28-35-26-30-40(39)50(34)51(35)43)54(36-15-5-2-6-16-36)46-22-12-20-42-38-18-8-10-24-48(38)56-53(42)46/h1-32,49H. The van der Waals surface area contributed by atoms with Crippen LogP contribution >= 0.6 is 22.7 Å². The van der Waals surface area contributed by atoms with Crippen molar-refractivity contribution in [3.63, 3.8) is 0 Å². The molecule has 0 aliphatic carbocycles. The van der Waals surface area contributed by atoms with E-state index in [1.165, 1.54) is 101 Å². The van der Waals surface area contributed by atoms with Crippen molar-refractivity contribution in [2.24, 2.45) is 0 Å². The fourth-order valence-electron chi connectivity index (χ4n) is 9.32. The maximum Gasteiger partial charge on any atom is 0.0640 e. The van der Waals surface area contributed by atoms with Gasteiger partial charge in [-0.1, -0.05) is 158 Å². The van der Waals surface area contributed by atoms with Gasteiger partial charge in [0.2, 0.25) is 0 Å². The van der Waals surface area contributed by atoms with E-state index in [2.05, 4.69) is 199 Å². The van der Waals surface area contributed by atoms with Crippen molar-refractivity contribution in [2.45, 2.75) is 5.92 Å². The summed E-state index contributed by atoms with van der Waals surface area (Å²) in [5.41, 5.74) is 7.53. The van der Waals surface area contributed by atoms with Crippen molar-refractivity contribution in [3.05, 3.63) is 211 Å². The SMILES string of the molecule is c1ccc(C(c2ccc3ccc4c(N(c5ccccc5)c5cccc6c5sc5ccccc56)ccc5ccc2c3c54)c2cccc3c2sc2ccccc23)cc1. The van der Waals surface area contributed by atoms with Crippen molar-refractivity contribution in [1.82, 2.24) is 0 Å². The van der Waals surface area contributed by atoms with E-state index < -0.39 is 0 Å². The van der Waals surface area contributed by atoms with Crippen molar-refractivity contribution >= 4 is 112 Å². The van der Waals surface area contributed by atoms with Gasteiger partial charge in [-0.3, -0.25) is 0 Å². The molecule has 0 saturated heterocycles. The molecule has 0 aliphatic rings. The zero-order valence-electron chi connectivity index (χ0n) is 30.3. The maximum atomic E-state index is 2.49. The molecule has 0 fully saturated rings. The van der Waals surface area contributed by atoms with Gasteiger partial charge in [-0.2, -0.15) is 0 Å². The second-order valence-electron chi connectivity index (χ2n) is 14.8. The minimum absolute atomic E-state index is 0.0587. The minimum atomic E-state index is 0.0587. The van der Waals surface area contributed by atoms with E-state index in [4.69, 9.17) is 0 Å². The Bertz CT molecular complexity index is 3200. The normalized spacial score (nSPS) is 12.6. The number of rotatable bonds is 6. The number of hydrogen-bond acceptors (Lipinski definition) is 3. The number of anilines is 3. The number of fused-ring (bicyclic) bond motifs is 6. The second kappa shape index (κ2) is 12.5. The third kappa shape index (κ3) is 4.72. The highest BCUT2D eigenvalue weighted by atomic mass is 32.1. The summed E-state index contributed by atoms with van der Waals surface area (Å²) in [5, 5.41) is 13.0. The molecule has 12 rings (SSSR count). The Morgan fingerprint density at radius 2 is 0.893 bits per heavy atom. The summed E-state index contributed by atoms with van der Waals surface area (Å²) in [6.07, 6.45) is 0. The van der Waals surface area contributed by atoms with Crippen molar-refractivity contribution in [2.75, 3.05) is 4.90 Å². The summed E-state index contributed by atoms with van der Waals surface area (Å²) >= 11 is 3.80. The predicted octanol–water partition coefficient (Wildman–Crippen LogP) is 16.0. The van der Waals surface area contributed by atoms with Gasteiger partial charge in [0.05, 0.1) is 16.1 Å². The van der Waals surface area contributed by atoms with Gasteiger partial charge in [0.15, 0.2) is 0 Å². The molecule has 0 bridgehead atoms. The molecule has 3 heteroatoms. The summed E-state index contributed by atoms with van der Waals surface area (Å²) in [7, 11) is 0. The zero-order valence-corrected chi connectivity index (χ0v) is 31.9. The van der Waals surface area contributed by atoms with E-state index in [0.717, 1.165) is 5.69 Å². The van der Waals surface area contributed by atoms with Gasteiger partial charge < -0.3 is 4.90 Å². The van der Waals surface area contributed by atoms with Gasteiger partial charge in [0.25, 0.3) is 0 Å². The Morgan fingerprint density at radius 3 is 1.64 bits per heavy atom. The van der Waals surface area contributed by atoms with Gasteiger partial charge >= 0.3 is 0 Å². The van der Waals surface area contributed by atoms with Crippen LogP contribution in [0, 0.1) is 0 Å². The topological polar surface area (TPSA) is 3.24 Å². The van der Waals surface area contributed by atoms with Crippen molar-refractivity contribution in [3.8, 4) is 0 Å². The van der Waals surface area contributed by atoms with Crippen LogP contribution in [0.2, 0.25) is 0 Å². The van der Waals surface area contributed by atoms with E-state index in [1.54, 1.807) is 0 Å². The van der Waals surface area contributed by atoms with Crippen molar-refractivity contribution < 1.29 is 0 Å². The molecule has 0 radical (unpaired) electrons. The molecular formula is C53H33NS2. The summed E-state index contributed by atoms with van der Waals surface area (Å²) in [5.74, 6) is 0.0587. The number of para-hydroxylation sites is 1. The monoisotopic (exact) mass is 747 g/mol. The first-order chi connectivity index (χ1) is 27.8. The molecule has 1 unspecified atom stereocenters. The van der Waals surface area contributed by atoms with Crippen LogP contribution in [0.4, 0.5) is 17.1 Å². The molecule has 0 aliphatic heterocycles. The molecule has 0 spiro atoms. The molecule has 0 N–H and O–H groups in total. The number of hydrogen-bond donors (Lipinski definition) is 0. The first-order valence-electron chi connectivity index (χ1n) is 19.2. The summed E-state index contributed by atoms with van der Waals surface area (Å²) in [6, 6.07) is 72.1. The smallest absolute Gasteiger partial charge is 0.0640 e. The van der Waals surface area contributed by atoms with Crippen LogP contribution < -0.4 is 4.90 Å². The first kappa shape index (κ1) is 31.8. The molecule has 2 aromatic heterocycles. The van der Waals surface area contributed by atoms with Crippen LogP contribution in [-0.2, 0) is 0 Å². The molecule has 56 heavy (non-hydrogen) atoms. The van der Waals surface area contributed by atoms with Crippen LogP contribution in [0.15, 0.2) is 194 Å². The summed E-state index contributed by atoms with van der Waals surface area (Å²) in [6.45, 7) is 0. The van der Waals surface area contributed by atoms with Crippen LogP contribution in [0.1, 0.15) is 22.6 Å². The van der Waals surface area contributed by atoms with Crippen LogP contribution in [0.25, 0.3) is 72.7 Å². The first-order valence-corrected chi connectivity index (χ1v) is 20.8. The maximum absolute atomic E-state index is 2.49. The van der Waals surface area contributed by atoms with E-state index in [-0.39, 0.29) is 5.92 Å². The molecule has 1 nitrogen and oxygen atoms in total. The van der Waals surface area contributed by atoms with Crippen LogP contribution in [0.3, 0.4) is 0 Å². The summed E-state index contributed by atoms with van der Waals surface area (Å²) < 4.78 is 5.31. The Kier molecular flexibility index (Phi) is 7.10. The average molecular weight is 748 g/mol. The lowest BCUT2D eigenvalue weighted by molar-refractivity contribution is 1.00. The quantitative estimate of drug-likeness (QED) is 0.121. The Hall–Kier alpha value is -6.52. The third-order valence-corrected chi connectivity index (χ3v) is 14.2. The lowest BCUT2D eigenvalue weighted by atomic mass is 9.80. The number of benzene rings is 10. The fourth-order valence-corrected chi connectivity index (χ4v) is 11.8. The molecular weight excluding hydrogens is 715 g/mol. The molecule has 10 aromatic carbocycles. The Morgan fingerprint density at radius 1 is 0.339 bits per heavy atom. The van der Waals surface area contributed by atoms with Crippen molar-refractivity contribution in [1.29, 1.82) is 0 Å². The lowest BCUT2D eigenvalue weighted by Crippen LogP contribution is -2.10. The Balaban J connectivity index is 1.13. The van der Waals surface area contributed by atoms with Gasteiger partial charge in [0.1, 0.15) is 0 Å². The van der Waals surface area contributed by atoms with Gasteiger partial charge in [-0.25, -0.2) is 0 Å². The largest absolute Gasteiger partial charge is 0.308 e. The second-order valence-corrected chi connectivity index (χ2v) is 16.9.